The zero-order chi connectivity index (χ0) is 18.5. The number of thiazole rings is 1. The molecule has 1 fully saturated rings. The van der Waals surface area contributed by atoms with Crippen molar-refractivity contribution in [3.8, 4) is 0 Å². The number of aromatic nitrogens is 1. The summed E-state index contributed by atoms with van der Waals surface area (Å²) in [5, 5.41) is 4.67. The Bertz CT molecular complexity index is 596. The van der Waals surface area contributed by atoms with Crippen molar-refractivity contribution in [1.29, 1.82) is 0 Å². The maximum atomic E-state index is 4.94. The monoisotopic (exact) mass is 506 g/mol. The van der Waals surface area contributed by atoms with Crippen molar-refractivity contribution >= 4 is 41.3 Å². The lowest BCUT2D eigenvalue weighted by atomic mass is 10.0. The van der Waals surface area contributed by atoms with E-state index in [1.165, 1.54) is 34.8 Å². The van der Waals surface area contributed by atoms with Crippen molar-refractivity contribution < 1.29 is 0 Å². The predicted octanol–water partition coefficient (Wildman–Crippen LogP) is 2.28. The van der Waals surface area contributed by atoms with Crippen LogP contribution in [0, 0.1) is 0 Å². The second-order valence-electron chi connectivity index (χ2n) is 7.63. The van der Waals surface area contributed by atoms with Gasteiger partial charge in [0.1, 0.15) is 5.01 Å². The van der Waals surface area contributed by atoms with E-state index in [0.717, 1.165) is 51.6 Å². The highest BCUT2D eigenvalue weighted by atomic mass is 127. The van der Waals surface area contributed by atoms with Crippen LogP contribution in [-0.4, -0.2) is 85.6 Å². The van der Waals surface area contributed by atoms with Gasteiger partial charge in [0.15, 0.2) is 5.96 Å². The molecule has 0 spiro atoms. The van der Waals surface area contributed by atoms with Gasteiger partial charge in [-0.25, -0.2) is 4.98 Å². The van der Waals surface area contributed by atoms with Gasteiger partial charge in [-0.3, -0.25) is 9.89 Å². The lowest BCUT2D eigenvalue weighted by molar-refractivity contribution is 0.119. The van der Waals surface area contributed by atoms with Crippen molar-refractivity contribution in [2.75, 3.05) is 53.9 Å². The SMILES string of the molecule is CCNC(=NCC1CN(C)CCN1C)N(C)Cc1nc2c(s1)CCCC2.I. The Morgan fingerprint density at radius 2 is 2.07 bits per heavy atom. The Morgan fingerprint density at radius 1 is 1.30 bits per heavy atom. The van der Waals surface area contributed by atoms with Gasteiger partial charge in [-0.1, -0.05) is 0 Å². The third-order valence-corrected chi connectivity index (χ3v) is 6.53. The fourth-order valence-electron chi connectivity index (χ4n) is 3.71. The first kappa shape index (κ1) is 22.8. The number of hydrogen-bond acceptors (Lipinski definition) is 5. The van der Waals surface area contributed by atoms with Crippen molar-refractivity contribution in [2.24, 2.45) is 4.99 Å². The van der Waals surface area contributed by atoms with Gasteiger partial charge in [0.25, 0.3) is 0 Å². The lowest BCUT2D eigenvalue weighted by Crippen LogP contribution is -2.51. The average molecular weight is 507 g/mol. The first-order chi connectivity index (χ1) is 12.6. The summed E-state index contributed by atoms with van der Waals surface area (Å²) >= 11 is 1.90. The predicted molar refractivity (Wildman–Crippen MR) is 126 cm³/mol. The van der Waals surface area contributed by atoms with Gasteiger partial charge in [0.05, 0.1) is 18.8 Å². The highest BCUT2D eigenvalue weighted by molar-refractivity contribution is 14.0. The summed E-state index contributed by atoms with van der Waals surface area (Å²) in [4.78, 5) is 18.4. The quantitative estimate of drug-likeness (QED) is 0.378. The van der Waals surface area contributed by atoms with E-state index >= 15 is 0 Å². The van der Waals surface area contributed by atoms with Gasteiger partial charge in [0, 0.05) is 44.1 Å². The molecule has 6 nitrogen and oxygen atoms in total. The highest BCUT2D eigenvalue weighted by Gasteiger charge is 2.22. The summed E-state index contributed by atoms with van der Waals surface area (Å²) in [6.45, 7) is 8.04. The first-order valence-corrected chi connectivity index (χ1v) is 10.7. The van der Waals surface area contributed by atoms with Crippen molar-refractivity contribution in [2.45, 2.75) is 45.2 Å². The number of nitrogens with one attached hydrogen (secondary N) is 1. The fourth-order valence-corrected chi connectivity index (χ4v) is 4.92. The van der Waals surface area contributed by atoms with Gasteiger partial charge in [0.2, 0.25) is 0 Å². The van der Waals surface area contributed by atoms with Crippen LogP contribution in [0.2, 0.25) is 0 Å². The van der Waals surface area contributed by atoms with Crippen molar-refractivity contribution in [3.05, 3.63) is 15.6 Å². The largest absolute Gasteiger partial charge is 0.357 e. The summed E-state index contributed by atoms with van der Waals surface area (Å²) in [7, 11) is 6.54. The van der Waals surface area contributed by atoms with Crippen LogP contribution in [0.15, 0.2) is 4.99 Å². The third-order valence-electron chi connectivity index (χ3n) is 5.39. The molecule has 8 heteroatoms. The van der Waals surface area contributed by atoms with Crippen LogP contribution in [0.5, 0.6) is 0 Å². The Balaban J connectivity index is 0.00000261. The number of rotatable bonds is 5. The molecule has 1 aromatic heterocycles. The molecule has 3 rings (SSSR count). The molecule has 0 aromatic carbocycles. The number of aryl methyl sites for hydroxylation is 2. The molecule has 1 unspecified atom stereocenters. The summed E-state index contributed by atoms with van der Waals surface area (Å²) < 4.78 is 0. The van der Waals surface area contributed by atoms with Crippen LogP contribution < -0.4 is 5.32 Å². The van der Waals surface area contributed by atoms with Crippen LogP contribution >= 0.6 is 35.3 Å². The molecule has 1 aromatic rings. The van der Waals surface area contributed by atoms with Gasteiger partial charge < -0.3 is 15.1 Å². The molecule has 27 heavy (non-hydrogen) atoms. The molecule has 2 heterocycles. The standard InChI is InChI=1S/C19H34N6S.HI/c1-5-20-19(21-12-15-13-23(2)10-11-24(15)3)25(4)14-18-22-16-8-6-7-9-17(16)26-18;/h15H,5-14H2,1-4H3,(H,20,21);1H. The van der Waals surface area contributed by atoms with Crippen LogP contribution in [0.3, 0.4) is 0 Å². The van der Waals surface area contributed by atoms with Crippen LogP contribution in [-0.2, 0) is 19.4 Å². The first-order valence-electron chi connectivity index (χ1n) is 9.92. The van der Waals surface area contributed by atoms with Crippen LogP contribution in [0.1, 0.15) is 35.3 Å². The number of aliphatic imine (C=N–C) groups is 1. The normalized spacial score (nSPS) is 21.5. The Hall–Kier alpha value is -0.450. The molecule has 0 saturated carbocycles. The second kappa shape index (κ2) is 10.9. The Morgan fingerprint density at radius 3 is 2.81 bits per heavy atom. The molecule has 1 aliphatic heterocycles. The maximum Gasteiger partial charge on any atom is 0.194 e. The van der Waals surface area contributed by atoms with Gasteiger partial charge in [-0.15, -0.1) is 35.3 Å². The summed E-state index contributed by atoms with van der Waals surface area (Å²) in [5.74, 6) is 0.988. The number of fused-ring (bicyclic) bond motifs is 1. The number of hydrogen-bond donors (Lipinski definition) is 1. The van der Waals surface area contributed by atoms with Gasteiger partial charge in [-0.05, 0) is 46.7 Å². The molecular weight excluding hydrogens is 471 g/mol. The van der Waals surface area contributed by atoms with E-state index in [2.05, 4.69) is 48.1 Å². The van der Waals surface area contributed by atoms with E-state index in [0.29, 0.717) is 6.04 Å². The van der Waals surface area contributed by atoms with Gasteiger partial charge in [-0.2, -0.15) is 0 Å². The van der Waals surface area contributed by atoms with E-state index in [1.807, 2.05) is 11.3 Å². The van der Waals surface area contributed by atoms with Crippen molar-refractivity contribution in [3.63, 3.8) is 0 Å². The summed E-state index contributed by atoms with van der Waals surface area (Å²) in [5.41, 5.74) is 1.35. The number of nitrogens with zero attached hydrogens (tertiary/aromatic N) is 5. The number of likely N-dealkylation sites (N-methyl/N-ethyl adjacent to an activating group) is 2. The molecular formula is C19H35IN6S. The highest BCUT2D eigenvalue weighted by Crippen LogP contribution is 2.27. The smallest absolute Gasteiger partial charge is 0.194 e. The number of guanidine groups is 1. The molecule has 1 N–H and O–H groups in total. The molecule has 1 saturated heterocycles. The van der Waals surface area contributed by atoms with E-state index in [1.54, 1.807) is 0 Å². The molecule has 0 amide bonds. The minimum absolute atomic E-state index is 0. The van der Waals surface area contributed by atoms with E-state index < -0.39 is 0 Å². The fraction of sp³-hybridized carbons (Fsp3) is 0.789. The minimum Gasteiger partial charge on any atom is -0.357 e. The number of halogens is 1. The van der Waals surface area contributed by atoms with Crippen LogP contribution in [0.4, 0.5) is 0 Å². The molecule has 1 aliphatic carbocycles. The maximum absolute atomic E-state index is 4.94. The zero-order valence-electron chi connectivity index (χ0n) is 17.2. The van der Waals surface area contributed by atoms with Crippen molar-refractivity contribution in [1.82, 2.24) is 25.0 Å². The molecule has 1 atom stereocenters. The van der Waals surface area contributed by atoms with E-state index in [4.69, 9.17) is 9.98 Å². The second-order valence-corrected chi connectivity index (χ2v) is 8.80. The summed E-state index contributed by atoms with van der Waals surface area (Å²) in [6.07, 6.45) is 4.98. The van der Waals surface area contributed by atoms with E-state index in [9.17, 15) is 0 Å². The molecule has 0 bridgehead atoms. The molecule has 154 valence electrons. The van der Waals surface area contributed by atoms with Crippen LogP contribution in [0.25, 0.3) is 0 Å². The lowest BCUT2D eigenvalue weighted by Gasteiger charge is -2.37. The zero-order valence-corrected chi connectivity index (χ0v) is 20.3. The Labute approximate surface area is 185 Å². The minimum atomic E-state index is 0. The summed E-state index contributed by atoms with van der Waals surface area (Å²) in [6, 6.07) is 0.489. The number of piperazine rings is 1. The molecule has 2 aliphatic rings. The van der Waals surface area contributed by atoms with Gasteiger partial charge >= 0.3 is 0 Å². The van der Waals surface area contributed by atoms with E-state index in [-0.39, 0.29) is 24.0 Å². The third kappa shape index (κ3) is 6.27. The average Bonchev–Trinajstić information content (AvgIpc) is 3.03. The topological polar surface area (TPSA) is 47.0 Å². The molecule has 0 radical (unpaired) electrons. The Kier molecular flexibility index (Phi) is 9.24.